The summed E-state index contributed by atoms with van der Waals surface area (Å²) < 4.78 is 41.7. The molecule has 1 amide bonds. The maximum absolute atomic E-state index is 13.2. The van der Waals surface area contributed by atoms with E-state index in [-0.39, 0.29) is 23.3 Å². The van der Waals surface area contributed by atoms with E-state index in [9.17, 15) is 18.0 Å². The van der Waals surface area contributed by atoms with Crippen LogP contribution in [0.25, 0.3) is 0 Å². The maximum Gasteiger partial charge on any atom is 0.416 e. The lowest BCUT2D eigenvalue weighted by molar-refractivity contribution is -0.138. The number of carbonyl (C=O) groups excluding carboxylic acids is 1. The van der Waals surface area contributed by atoms with Gasteiger partial charge in [-0.05, 0) is 36.8 Å². The summed E-state index contributed by atoms with van der Waals surface area (Å²) in [5, 5.41) is 0. The Morgan fingerprint density at radius 2 is 2.07 bits per heavy atom. The predicted octanol–water partition coefficient (Wildman–Crippen LogP) is 4.51. The second kappa shape index (κ2) is 8.37. The van der Waals surface area contributed by atoms with Crippen molar-refractivity contribution in [3.8, 4) is 0 Å². The van der Waals surface area contributed by atoms with Crippen LogP contribution >= 0.6 is 0 Å². The fourth-order valence-electron chi connectivity index (χ4n) is 3.77. The normalized spacial score (nSPS) is 18.9. The Bertz CT molecular complexity index is 815. The number of hydrogen-bond acceptors (Lipinski definition) is 2. The average molecular weight is 393 g/mol. The first-order valence-corrected chi connectivity index (χ1v) is 9.74. The number of benzene rings is 1. The summed E-state index contributed by atoms with van der Waals surface area (Å²) in [6.07, 6.45) is 2.42. The van der Waals surface area contributed by atoms with Gasteiger partial charge in [0.1, 0.15) is 5.82 Å². The van der Waals surface area contributed by atoms with E-state index >= 15 is 0 Å². The van der Waals surface area contributed by atoms with Crippen LogP contribution in [-0.4, -0.2) is 34.0 Å². The van der Waals surface area contributed by atoms with Crippen LogP contribution in [0.15, 0.2) is 36.7 Å². The fraction of sp³-hybridized carbons (Fsp3) is 0.524. The average Bonchev–Trinajstić information content (AvgIpc) is 3.34. The molecule has 1 aliphatic rings. The molecule has 0 bridgehead atoms. The van der Waals surface area contributed by atoms with Crippen LogP contribution in [0.4, 0.5) is 13.2 Å². The van der Waals surface area contributed by atoms with Crippen molar-refractivity contribution in [1.82, 2.24) is 14.5 Å². The van der Waals surface area contributed by atoms with Crippen molar-refractivity contribution in [3.05, 3.63) is 53.6 Å². The summed E-state index contributed by atoms with van der Waals surface area (Å²) in [6.45, 7) is 3.60. The number of nitrogens with zero attached hydrogens (tertiary/aromatic N) is 3. The molecule has 1 aliphatic carbocycles. The minimum atomic E-state index is -4.39. The molecule has 1 saturated carbocycles. The van der Waals surface area contributed by atoms with E-state index in [0.29, 0.717) is 13.0 Å². The minimum absolute atomic E-state index is 0.0705. The Hall–Kier alpha value is -2.31. The number of halogens is 3. The number of amides is 1. The Balaban J connectivity index is 1.54. The van der Waals surface area contributed by atoms with Crippen molar-refractivity contribution >= 4 is 5.91 Å². The van der Waals surface area contributed by atoms with Gasteiger partial charge in [-0.15, -0.1) is 0 Å². The van der Waals surface area contributed by atoms with Gasteiger partial charge in [0.25, 0.3) is 0 Å². The third kappa shape index (κ3) is 4.56. The van der Waals surface area contributed by atoms with E-state index < -0.39 is 11.7 Å². The molecule has 152 valence electrons. The van der Waals surface area contributed by atoms with Gasteiger partial charge in [-0.3, -0.25) is 4.79 Å². The van der Waals surface area contributed by atoms with E-state index in [1.165, 1.54) is 12.1 Å². The number of alkyl halides is 3. The molecule has 0 unspecified atom stereocenters. The molecule has 2 atom stereocenters. The summed E-state index contributed by atoms with van der Waals surface area (Å²) in [6, 6.07) is 5.58. The van der Waals surface area contributed by atoms with E-state index in [2.05, 4.69) is 16.5 Å². The van der Waals surface area contributed by atoms with Gasteiger partial charge in [0.2, 0.25) is 5.91 Å². The zero-order valence-corrected chi connectivity index (χ0v) is 16.2. The highest BCUT2D eigenvalue weighted by atomic mass is 19.4. The van der Waals surface area contributed by atoms with Crippen molar-refractivity contribution in [3.63, 3.8) is 0 Å². The molecule has 1 aromatic carbocycles. The summed E-state index contributed by atoms with van der Waals surface area (Å²) in [5.74, 6) is 0.247. The molecule has 0 saturated heterocycles. The monoisotopic (exact) mass is 393 g/mol. The molecule has 7 heteroatoms. The van der Waals surface area contributed by atoms with E-state index in [1.54, 1.807) is 24.2 Å². The molecule has 0 spiro atoms. The highest BCUT2D eigenvalue weighted by Crippen LogP contribution is 2.51. The van der Waals surface area contributed by atoms with Crippen LogP contribution in [0.1, 0.15) is 49.1 Å². The maximum atomic E-state index is 13.2. The summed E-state index contributed by atoms with van der Waals surface area (Å²) in [5.41, 5.74) is -0.385. The lowest BCUT2D eigenvalue weighted by Crippen LogP contribution is -2.30. The SMILES string of the molecule is CCCn1ccnc1CCCN(C)C(=O)[C@@H]1C[C@H]1c1ccccc1C(F)(F)F. The lowest BCUT2D eigenvalue weighted by Gasteiger charge is -2.18. The van der Waals surface area contributed by atoms with Crippen molar-refractivity contribution in [2.75, 3.05) is 13.6 Å². The summed E-state index contributed by atoms with van der Waals surface area (Å²) in [7, 11) is 1.73. The van der Waals surface area contributed by atoms with Gasteiger partial charge < -0.3 is 9.47 Å². The minimum Gasteiger partial charge on any atom is -0.345 e. The van der Waals surface area contributed by atoms with Gasteiger partial charge in [-0.2, -0.15) is 13.2 Å². The van der Waals surface area contributed by atoms with Gasteiger partial charge in [-0.25, -0.2) is 4.98 Å². The molecule has 3 rings (SSSR count). The second-order valence-corrected chi connectivity index (χ2v) is 7.43. The van der Waals surface area contributed by atoms with E-state index in [4.69, 9.17) is 0 Å². The van der Waals surface area contributed by atoms with Crippen LogP contribution in [-0.2, 0) is 23.9 Å². The zero-order chi connectivity index (χ0) is 20.3. The fourth-order valence-corrected chi connectivity index (χ4v) is 3.77. The number of carbonyl (C=O) groups is 1. The second-order valence-electron chi connectivity index (χ2n) is 7.43. The smallest absolute Gasteiger partial charge is 0.345 e. The quantitative estimate of drug-likeness (QED) is 0.662. The standard InChI is InChI=1S/C21H26F3N3O/c1-3-11-27-13-10-25-19(27)9-6-12-26(2)20(28)17-14-16(17)15-7-4-5-8-18(15)21(22,23)24/h4-5,7-8,10,13,16-17H,3,6,9,11-12,14H2,1-2H3/t16-,17+/m0/s1. The Morgan fingerprint density at radius 1 is 1.32 bits per heavy atom. The molecule has 28 heavy (non-hydrogen) atoms. The van der Waals surface area contributed by atoms with Gasteiger partial charge in [0, 0.05) is 44.9 Å². The molecule has 0 N–H and O–H groups in total. The predicted molar refractivity (Wildman–Crippen MR) is 101 cm³/mol. The summed E-state index contributed by atoms with van der Waals surface area (Å²) >= 11 is 0. The number of rotatable bonds is 8. The first kappa shape index (κ1) is 20.4. The topological polar surface area (TPSA) is 38.1 Å². The number of aryl methyl sites for hydroxylation is 2. The van der Waals surface area contributed by atoms with Crippen LogP contribution in [0.5, 0.6) is 0 Å². The van der Waals surface area contributed by atoms with Crippen LogP contribution in [0, 0.1) is 5.92 Å². The first-order chi connectivity index (χ1) is 13.3. The Labute approximate surface area is 163 Å². The number of imidazole rings is 1. The third-order valence-corrected chi connectivity index (χ3v) is 5.31. The van der Waals surface area contributed by atoms with Gasteiger partial charge in [-0.1, -0.05) is 25.1 Å². The highest BCUT2D eigenvalue weighted by molar-refractivity contribution is 5.83. The molecule has 1 aromatic heterocycles. The van der Waals surface area contributed by atoms with Crippen molar-refractivity contribution in [2.45, 2.75) is 51.2 Å². The Morgan fingerprint density at radius 3 is 2.79 bits per heavy atom. The van der Waals surface area contributed by atoms with Gasteiger partial charge in [0.05, 0.1) is 5.56 Å². The van der Waals surface area contributed by atoms with Crippen LogP contribution in [0.2, 0.25) is 0 Å². The molecular weight excluding hydrogens is 367 g/mol. The van der Waals surface area contributed by atoms with Crippen molar-refractivity contribution < 1.29 is 18.0 Å². The molecule has 1 heterocycles. The molecule has 0 radical (unpaired) electrons. The third-order valence-electron chi connectivity index (χ3n) is 5.31. The summed E-state index contributed by atoms with van der Waals surface area (Å²) in [4.78, 5) is 18.6. The van der Waals surface area contributed by atoms with Crippen molar-refractivity contribution in [2.24, 2.45) is 5.92 Å². The lowest BCUT2D eigenvalue weighted by atomic mass is 10.0. The van der Waals surface area contributed by atoms with E-state index in [1.807, 2.05) is 6.20 Å². The molecular formula is C21H26F3N3O. The molecule has 1 fully saturated rings. The van der Waals surface area contributed by atoms with Crippen molar-refractivity contribution in [1.29, 1.82) is 0 Å². The number of aromatic nitrogens is 2. The molecule has 2 aromatic rings. The van der Waals surface area contributed by atoms with E-state index in [0.717, 1.165) is 37.7 Å². The highest BCUT2D eigenvalue weighted by Gasteiger charge is 2.48. The van der Waals surface area contributed by atoms with Crippen LogP contribution < -0.4 is 0 Å². The van der Waals surface area contributed by atoms with Gasteiger partial charge in [0.15, 0.2) is 0 Å². The zero-order valence-electron chi connectivity index (χ0n) is 16.2. The molecule has 0 aliphatic heterocycles. The van der Waals surface area contributed by atoms with Gasteiger partial charge >= 0.3 is 6.18 Å². The first-order valence-electron chi connectivity index (χ1n) is 9.74. The van der Waals surface area contributed by atoms with Crippen LogP contribution in [0.3, 0.4) is 0 Å². The number of hydrogen-bond donors (Lipinski definition) is 0. The largest absolute Gasteiger partial charge is 0.416 e. The molecule has 4 nitrogen and oxygen atoms in total. The Kier molecular flexibility index (Phi) is 6.10.